The smallest absolute Gasteiger partial charge is 0.305 e. The molecule has 0 saturated carbocycles. The first-order chi connectivity index (χ1) is 17.5. The lowest BCUT2D eigenvalue weighted by Crippen LogP contribution is -2.16. The van der Waals surface area contributed by atoms with Crippen LogP contribution in [-0.2, 0) is 30.5 Å². The molecule has 3 heterocycles. The maximum absolute atomic E-state index is 11.7. The lowest BCUT2D eigenvalue weighted by Gasteiger charge is -2.17. The average Bonchev–Trinajstić information content (AvgIpc) is 3.48. The predicted octanol–water partition coefficient (Wildman–Crippen LogP) is 5.20. The first kappa shape index (κ1) is 24.0. The molecule has 0 amide bonds. The van der Waals surface area contributed by atoms with Crippen molar-refractivity contribution in [3.63, 3.8) is 0 Å². The van der Waals surface area contributed by atoms with Crippen LogP contribution in [0.1, 0.15) is 71.3 Å². The largest absolute Gasteiger partial charge is 0.481 e. The SMILES string of the molecule is Cc1cc(C)n(-c2cccc(C(CC(=O)O)n3ccc(CCCc4ccc5c(n4)CCCC5)n3)c2)n1. The molecule has 0 radical (unpaired) electrons. The van der Waals surface area contributed by atoms with Crippen LogP contribution >= 0.6 is 0 Å². The van der Waals surface area contributed by atoms with Crippen molar-refractivity contribution in [3.05, 3.63) is 94.3 Å². The highest BCUT2D eigenvalue weighted by molar-refractivity contribution is 5.68. The van der Waals surface area contributed by atoms with Crippen molar-refractivity contribution in [1.29, 1.82) is 0 Å². The number of fused-ring (bicyclic) bond motifs is 1. The molecule has 1 atom stereocenters. The van der Waals surface area contributed by atoms with Gasteiger partial charge in [0.25, 0.3) is 0 Å². The quantitative estimate of drug-likeness (QED) is 0.354. The van der Waals surface area contributed by atoms with E-state index in [1.54, 1.807) is 4.68 Å². The Hall–Kier alpha value is -3.74. The number of hydrogen-bond acceptors (Lipinski definition) is 4. The standard InChI is InChI=1S/C29H33N5O2/c1-20-17-21(2)34(31-20)26-11-5-8-23(18-26)28(19-29(35)36)33-16-15-25(32-33)10-6-9-24-14-13-22-7-3-4-12-27(22)30-24/h5,8,11,13-18,28H,3-4,6-7,9-10,12,19H2,1-2H3,(H,35,36). The highest BCUT2D eigenvalue weighted by Crippen LogP contribution is 2.25. The van der Waals surface area contributed by atoms with Gasteiger partial charge in [0.15, 0.2) is 0 Å². The second-order valence-corrected chi connectivity index (χ2v) is 9.80. The molecule has 3 aromatic heterocycles. The van der Waals surface area contributed by atoms with Crippen molar-refractivity contribution >= 4 is 5.97 Å². The van der Waals surface area contributed by atoms with E-state index in [4.69, 9.17) is 10.1 Å². The van der Waals surface area contributed by atoms with E-state index in [1.807, 2.05) is 61.1 Å². The van der Waals surface area contributed by atoms with Crippen molar-refractivity contribution in [2.24, 2.45) is 0 Å². The molecule has 36 heavy (non-hydrogen) atoms. The number of pyridine rings is 1. The Bertz CT molecular complexity index is 1370. The molecule has 1 aromatic carbocycles. The van der Waals surface area contributed by atoms with Gasteiger partial charge >= 0.3 is 5.97 Å². The fraction of sp³-hybridized carbons (Fsp3) is 0.379. The predicted molar refractivity (Wildman–Crippen MR) is 139 cm³/mol. The van der Waals surface area contributed by atoms with Gasteiger partial charge in [0, 0.05) is 23.3 Å². The van der Waals surface area contributed by atoms with E-state index in [2.05, 4.69) is 17.2 Å². The summed E-state index contributed by atoms with van der Waals surface area (Å²) in [7, 11) is 0. The molecule has 0 bridgehead atoms. The van der Waals surface area contributed by atoms with Crippen LogP contribution in [0.15, 0.2) is 54.7 Å². The van der Waals surface area contributed by atoms with Crippen molar-refractivity contribution in [2.45, 2.75) is 71.3 Å². The Morgan fingerprint density at radius 3 is 2.64 bits per heavy atom. The molecule has 1 aliphatic carbocycles. The molecular formula is C29H33N5O2. The Morgan fingerprint density at radius 1 is 1.00 bits per heavy atom. The second-order valence-electron chi connectivity index (χ2n) is 9.80. The number of carboxylic acid groups (broad SMARTS) is 1. The zero-order chi connectivity index (χ0) is 25.1. The normalized spacial score (nSPS) is 13.9. The molecule has 0 fully saturated rings. The third kappa shape index (κ3) is 5.40. The van der Waals surface area contributed by atoms with Crippen LogP contribution in [0.4, 0.5) is 0 Å². The summed E-state index contributed by atoms with van der Waals surface area (Å²) in [6.45, 7) is 3.98. The molecule has 1 unspecified atom stereocenters. The summed E-state index contributed by atoms with van der Waals surface area (Å²) in [5.74, 6) is -0.855. The first-order valence-corrected chi connectivity index (χ1v) is 12.8. The lowest BCUT2D eigenvalue weighted by atomic mass is 9.95. The number of aryl methyl sites for hydroxylation is 6. The van der Waals surface area contributed by atoms with Crippen molar-refractivity contribution in [3.8, 4) is 5.69 Å². The van der Waals surface area contributed by atoms with Crippen molar-refractivity contribution in [2.75, 3.05) is 0 Å². The summed E-state index contributed by atoms with van der Waals surface area (Å²) in [6.07, 6.45) is 9.33. The fourth-order valence-corrected chi connectivity index (χ4v) is 5.19. The molecule has 0 aliphatic heterocycles. The molecule has 0 spiro atoms. The number of hydrogen-bond donors (Lipinski definition) is 1. The Kier molecular flexibility index (Phi) is 6.98. The number of aliphatic carboxylic acids is 1. The van der Waals surface area contributed by atoms with E-state index in [0.717, 1.165) is 66.1 Å². The van der Waals surface area contributed by atoms with Crippen LogP contribution < -0.4 is 0 Å². The molecule has 1 aliphatic rings. The zero-order valence-electron chi connectivity index (χ0n) is 21.0. The molecule has 1 N–H and O–H groups in total. The number of rotatable bonds is 9. The first-order valence-electron chi connectivity index (χ1n) is 12.8. The lowest BCUT2D eigenvalue weighted by molar-refractivity contribution is -0.137. The second kappa shape index (κ2) is 10.5. The molecule has 5 rings (SSSR count). The van der Waals surface area contributed by atoms with Gasteiger partial charge in [-0.25, -0.2) is 4.68 Å². The van der Waals surface area contributed by atoms with Crippen LogP contribution in [0.2, 0.25) is 0 Å². The summed E-state index contributed by atoms with van der Waals surface area (Å²) >= 11 is 0. The van der Waals surface area contributed by atoms with Crippen molar-refractivity contribution < 1.29 is 9.90 Å². The van der Waals surface area contributed by atoms with Gasteiger partial charge in [-0.2, -0.15) is 10.2 Å². The van der Waals surface area contributed by atoms with Crippen molar-refractivity contribution in [1.82, 2.24) is 24.5 Å². The minimum absolute atomic E-state index is 0.0409. The van der Waals surface area contributed by atoms with Crippen LogP contribution in [0, 0.1) is 13.8 Å². The van der Waals surface area contributed by atoms with E-state index in [1.165, 1.54) is 24.1 Å². The average molecular weight is 484 g/mol. The third-order valence-corrected chi connectivity index (χ3v) is 6.96. The van der Waals surface area contributed by atoms with Crippen LogP contribution in [-0.4, -0.2) is 35.6 Å². The van der Waals surface area contributed by atoms with E-state index >= 15 is 0 Å². The fourth-order valence-electron chi connectivity index (χ4n) is 5.19. The number of benzene rings is 1. The van der Waals surface area contributed by atoms with Crippen LogP contribution in [0.25, 0.3) is 5.69 Å². The topological polar surface area (TPSA) is 85.8 Å². The van der Waals surface area contributed by atoms with E-state index in [9.17, 15) is 9.90 Å². The Labute approximate surface area is 211 Å². The van der Waals surface area contributed by atoms with Gasteiger partial charge in [0.1, 0.15) is 0 Å². The van der Waals surface area contributed by atoms with E-state index < -0.39 is 12.0 Å². The summed E-state index contributed by atoms with van der Waals surface area (Å²) < 4.78 is 3.68. The van der Waals surface area contributed by atoms with Gasteiger partial charge in [-0.1, -0.05) is 18.2 Å². The maximum Gasteiger partial charge on any atom is 0.305 e. The minimum Gasteiger partial charge on any atom is -0.481 e. The summed E-state index contributed by atoms with van der Waals surface area (Å²) in [5.41, 5.74) is 8.61. The van der Waals surface area contributed by atoms with Crippen LogP contribution in [0.5, 0.6) is 0 Å². The molecular weight excluding hydrogens is 450 g/mol. The Balaban J connectivity index is 1.30. The van der Waals surface area contributed by atoms with Gasteiger partial charge in [-0.3, -0.25) is 14.5 Å². The number of carbonyl (C=O) groups is 1. The minimum atomic E-state index is -0.855. The number of aromatic nitrogens is 5. The molecule has 7 nitrogen and oxygen atoms in total. The van der Waals surface area contributed by atoms with Gasteiger partial charge < -0.3 is 5.11 Å². The molecule has 0 saturated heterocycles. The van der Waals surface area contributed by atoms with Gasteiger partial charge in [-0.05, 0) is 100 Å². The van der Waals surface area contributed by atoms with Gasteiger partial charge in [0.05, 0.1) is 29.5 Å². The monoisotopic (exact) mass is 483 g/mol. The van der Waals surface area contributed by atoms with Crippen LogP contribution in [0.3, 0.4) is 0 Å². The summed E-state index contributed by atoms with van der Waals surface area (Å²) in [5, 5.41) is 19.0. The van der Waals surface area contributed by atoms with Gasteiger partial charge in [0.2, 0.25) is 0 Å². The molecule has 7 heteroatoms. The van der Waals surface area contributed by atoms with Gasteiger partial charge in [-0.15, -0.1) is 0 Å². The zero-order valence-corrected chi connectivity index (χ0v) is 21.0. The molecule has 186 valence electrons. The highest BCUT2D eigenvalue weighted by Gasteiger charge is 2.20. The highest BCUT2D eigenvalue weighted by atomic mass is 16.4. The summed E-state index contributed by atoms with van der Waals surface area (Å²) in [6, 6.07) is 16.0. The summed E-state index contributed by atoms with van der Waals surface area (Å²) in [4.78, 5) is 16.6. The number of carboxylic acids is 1. The third-order valence-electron chi connectivity index (χ3n) is 6.96. The maximum atomic E-state index is 11.7. The number of nitrogens with zero attached hydrogens (tertiary/aromatic N) is 5. The van der Waals surface area contributed by atoms with E-state index in [-0.39, 0.29) is 6.42 Å². The van der Waals surface area contributed by atoms with E-state index in [0.29, 0.717) is 0 Å². The molecule has 4 aromatic rings. The Morgan fingerprint density at radius 2 is 1.83 bits per heavy atom.